The number of esters is 1. The van der Waals surface area contributed by atoms with Crippen molar-refractivity contribution in [3.63, 3.8) is 0 Å². The molecule has 110 valence electrons. The van der Waals surface area contributed by atoms with Crippen LogP contribution in [0.25, 0.3) is 0 Å². The summed E-state index contributed by atoms with van der Waals surface area (Å²) in [6.07, 6.45) is 0.942. The Balaban J connectivity index is 2.06. The molecule has 0 amide bonds. The Kier molecular flexibility index (Phi) is 5.21. The molecule has 0 fully saturated rings. The van der Waals surface area contributed by atoms with Gasteiger partial charge in [0.15, 0.2) is 11.5 Å². The van der Waals surface area contributed by atoms with Gasteiger partial charge in [0.25, 0.3) is 0 Å². The first-order valence-corrected chi connectivity index (χ1v) is 6.82. The quantitative estimate of drug-likeness (QED) is 0.600. The third-order valence-electron chi connectivity index (χ3n) is 2.83. The Morgan fingerprint density at radius 2 is 1.67 bits per heavy atom. The molecule has 21 heavy (non-hydrogen) atoms. The van der Waals surface area contributed by atoms with Crippen LogP contribution in [0.15, 0.2) is 48.5 Å². The molecular weight excluding hydrogens is 268 g/mol. The second-order valence-corrected chi connectivity index (χ2v) is 4.41. The van der Waals surface area contributed by atoms with Crippen LogP contribution in [0.1, 0.15) is 23.7 Å². The zero-order valence-electron chi connectivity index (χ0n) is 12.2. The third kappa shape index (κ3) is 3.99. The second kappa shape index (κ2) is 7.33. The Labute approximate surface area is 124 Å². The Hall–Kier alpha value is -2.49. The molecular formula is C17H18O4. The molecule has 0 aliphatic carbocycles. The molecule has 0 spiro atoms. The first-order valence-electron chi connectivity index (χ1n) is 6.82. The number of hydrogen-bond donors (Lipinski definition) is 0. The highest BCUT2D eigenvalue weighted by molar-refractivity contribution is 5.91. The highest BCUT2D eigenvalue weighted by Crippen LogP contribution is 2.26. The van der Waals surface area contributed by atoms with Gasteiger partial charge < -0.3 is 14.2 Å². The number of benzene rings is 2. The molecule has 2 aromatic rings. The van der Waals surface area contributed by atoms with Gasteiger partial charge in [-0.2, -0.15) is 0 Å². The molecule has 2 rings (SSSR count). The monoisotopic (exact) mass is 286 g/mol. The topological polar surface area (TPSA) is 44.8 Å². The van der Waals surface area contributed by atoms with Gasteiger partial charge in [-0.1, -0.05) is 19.1 Å². The molecule has 4 heteroatoms. The van der Waals surface area contributed by atoms with E-state index in [0.29, 0.717) is 23.7 Å². The van der Waals surface area contributed by atoms with E-state index in [-0.39, 0.29) is 0 Å². The minimum atomic E-state index is -0.429. The van der Waals surface area contributed by atoms with E-state index in [4.69, 9.17) is 14.2 Å². The zero-order valence-corrected chi connectivity index (χ0v) is 12.2. The van der Waals surface area contributed by atoms with Crippen LogP contribution in [0.2, 0.25) is 0 Å². The molecule has 4 nitrogen and oxygen atoms in total. The molecule has 0 heterocycles. The van der Waals surface area contributed by atoms with Gasteiger partial charge in [0.1, 0.15) is 5.75 Å². The van der Waals surface area contributed by atoms with E-state index in [1.54, 1.807) is 42.5 Å². The molecule has 0 aliphatic heterocycles. The molecule has 0 aromatic heterocycles. The van der Waals surface area contributed by atoms with Crippen molar-refractivity contribution < 1.29 is 19.0 Å². The largest absolute Gasteiger partial charge is 0.494 e. The SMILES string of the molecule is CCCOc1ccc(C(=O)Oc2ccccc2OC)cc1. The third-order valence-corrected chi connectivity index (χ3v) is 2.83. The summed E-state index contributed by atoms with van der Waals surface area (Å²) >= 11 is 0. The molecule has 0 bridgehead atoms. The first kappa shape index (κ1) is 14.9. The van der Waals surface area contributed by atoms with Crippen LogP contribution in [0.3, 0.4) is 0 Å². The van der Waals surface area contributed by atoms with Crippen LogP contribution in [-0.4, -0.2) is 19.7 Å². The Bertz CT molecular complexity index is 590. The van der Waals surface area contributed by atoms with Crippen molar-refractivity contribution in [1.82, 2.24) is 0 Å². The number of methoxy groups -OCH3 is 1. The molecule has 0 N–H and O–H groups in total. The lowest BCUT2D eigenvalue weighted by molar-refractivity contribution is 0.0729. The van der Waals surface area contributed by atoms with Crippen LogP contribution in [-0.2, 0) is 0 Å². The smallest absolute Gasteiger partial charge is 0.343 e. The van der Waals surface area contributed by atoms with E-state index in [0.717, 1.165) is 12.2 Å². The fraction of sp³-hybridized carbons (Fsp3) is 0.235. The summed E-state index contributed by atoms with van der Waals surface area (Å²) < 4.78 is 16.0. The van der Waals surface area contributed by atoms with E-state index < -0.39 is 5.97 Å². The van der Waals surface area contributed by atoms with Crippen molar-refractivity contribution in [2.75, 3.05) is 13.7 Å². The van der Waals surface area contributed by atoms with Gasteiger partial charge in [0.05, 0.1) is 19.3 Å². The number of carbonyl (C=O) groups is 1. The van der Waals surface area contributed by atoms with Crippen molar-refractivity contribution >= 4 is 5.97 Å². The number of ether oxygens (including phenoxy) is 3. The summed E-state index contributed by atoms with van der Waals surface area (Å²) in [5.41, 5.74) is 0.463. The summed E-state index contributed by atoms with van der Waals surface area (Å²) in [4.78, 5) is 12.1. The summed E-state index contributed by atoms with van der Waals surface area (Å²) in [5.74, 6) is 1.23. The molecule has 0 unspecified atom stereocenters. The summed E-state index contributed by atoms with van der Waals surface area (Å²) in [6.45, 7) is 2.70. The van der Waals surface area contributed by atoms with Gasteiger partial charge in [0.2, 0.25) is 0 Å². The molecule has 0 saturated heterocycles. The maximum Gasteiger partial charge on any atom is 0.343 e. The predicted molar refractivity (Wildman–Crippen MR) is 80.2 cm³/mol. The van der Waals surface area contributed by atoms with Crippen LogP contribution < -0.4 is 14.2 Å². The number of rotatable bonds is 6. The van der Waals surface area contributed by atoms with Crippen molar-refractivity contribution in [2.45, 2.75) is 13.3 Å². The van der Waals surface area contributed by atoms with Crippen molar-refractivity contribution in [3.8, 4) is 17.2 Å². The van der Waals surface area contributed by atoms with Crippen molar-refractivity contribution in [1.29, 1.82) is 0 Å². The molecule has 0 radical (unpaired) electrons. The van der Waals surface area contributed by atoms with Gasteiger partial charge in [-0.05, 0) is 42.8 Å². The van der Waals surface area contributed by atoms with Crippen LogP contribution in [0.5, 0.6) is 17.2 Å². The van der Waals surface area contributed by atoms with Crippen molar-refractivity contribution in [2.24, 2.45) is 0 Å². The summed E-state index contributed by atoms with van der Waals surface area (Å²) in [7, 11) is 1.53. The number of hydrogen-bond acceptors (Lipinski definition) is 4. The summed E-state index contributed by atoms with van der Waals surface area (Å²) in [6, 6.07) is 13.9. The Morgan fingerprint density at radius 3 is 2.29 bits per heavy atom. The number of carbonyl (C=O) groups excluding carboxylic acids is 1. The minimum absolute atomic E-state index is 0.399. The fourth-order valence-electron chi connectivity index (χ4n) is 1.77. The van der Waals surface area contributed by atoms with Gasteiger partial charge in [-0.25, -0.2) is 4.79 Å². The Morgan fingerprint density at radius 1 is 1.00 bits per heavy atom. The minimum Gasteiger partial charge on any atom is -0.494 e. The van der Waals surface area contributed by atoms with Crippen LogP contribution in [0, 0.1) is 0 Å². The van der Waals surface area contributed by atoms with Crippen molar-refractivity contribution in [3.05, 3.63) is 54.1 Å². The van der Waals surface area contributed by atoms with Gasteiger partial charge in [-0.15, -0.1) is 0 Å². The maximum absolute atomic E-state index is 12.1. The van der Waals surface area contributed by atoms with E-state index in [9.17, 15) is 4.79 Å². The average Bonchev–Trinajstić information content (AvgIpc) is 2.54. The molecule has 2 aromatic carbocycles. The predicted octanol–water partition coefficient (Wildman–Crippen LogP) is 3.70. The zero-order chi connectivity index (χ0) is 15.1. The van der Waals surface area contributed by atoms with Crippen LogP contribution in [0.4, 0.5) is 0 Å². The van der Waals surface area contributed by atoms with E-state index in [1.165, 1.54) is 7.11 Å². The fourth-order valence-corrected chi connectivity index (χ4v) is 1.77. The normalized spacial score (nSPS) is 10.0. The van der Waals surface area contributed by atoms with Gasteiger partial charge in [-0.3, -0.25) is 0 Å². The van der Waals surface area contributed by atoms with Gasteiger partial charge >= 0.3 is 5.97 Å². The summed E-state index contributed by atoms with van der Waals surface area (Å²) in [5, 5.41) is 0. The van der Waals surface area contributed by atoms with E-state index in [1.807, 2.05) is 13.0 Å². The van der Waals surface area contributed by atoms with E-state index in [2.05, 4.69) is 0 Å². The lowest BCUT2D eigenvalue weighted by Crippen LogP contribution is -2.09. The lowest BCUT2D eigenvalue weighted by atomic mass is 10.2. The average molecular weight is 286 g/mol. The van der Waals surface area contributed by atoms with Gasteiger partial charge in [0, 0.05) is 0 Å². The molecule has 0 aliphatic rings. The maximum atomic E-state index is 12.1. The highest BCUT2D eigenvalue weighted by atomic mass is 16.6. The lowest BCUT2D eigenvalue weighted by Gasteiger charge is -2.09. The first-order chi connectivity index (χ1) is 10.2. The second-order valence-electron chi connectivity index (χ2n) is 4.41. The molecule has 0 atom stereocenters. The molecule has 0 saturated carbocycles. The number of para-hydroxylation sites is 2. The van der Waals surface area contributed by atoms with E-state index >= 15 is 0 Å². The highest BCUT2D eigenvalue weighted by Gasteiger charge is 2.11. The standard InChI is InChI=1S/C17H18O4/c1-3-12-20-14-10-8-13(9-11-14)17(18)21-16-7-5-4-6-15(16)19-2/h4-11H,3,12H2,1-2H3. The van der Waals surface area contributed by atoms with Crippen LogP contribution >= 0.6 is 0 Å².